The smallest absolute Gasteiger partial charge is 0.310 e. The first-order valence-electron chi connectivity index (χ1n) is 29.3. The molecule has 0 radical (unpaired) electrons. The van der Waals surface area contributed by atoms with E-state index in [1.165, 1.54) is 186 Å². The molecule has 68 heavy (non-hydrogen) atoms. The zero-order chi connectivity index (χ0) is 49.3. The molecule has 0 amide bonds. The normalized spacial score (nSPS) is 12.5. The van der Waals surface area contributed by atoms with Crippen molar-refractivity contribution < 1.29 is 28.6 Å². The number of hydrogen-bond acceptors (Lipinski definition) is 6. The Morgan fingerprint density at radius 3 is 0.838 bits per heavy atom. The van der Waals surface area contributed by atoms with Gasteiger partial charge in [0.25, 0.3) is 0 Å². The first-order valence-corrected chi connectivity index (χ1v) is 29.3. The summed E-state index contributed by atoms with van der Waals surface area (Å²) in [5.74, 6) is -1.03. The number of hydrogen-bond donors (Lipinski definition) is 0. The van der Waals surface area contributed by atoms with Gasteiger partial charge >= 0.3 is 17.9 Å². The Morgan fingerprint density at radius 1 is 0.309 bits per heavy atom. The number of allylic oxidation sites excluding steroid dienone is 9. The first-order chi connectivity index (χ1) is 33.5. The molecular weight excluding hydrogens is 841 g/mol. The van der Waals surface area contributed by atoms with Gasteiger partial charge in [0.1, 0.15) is 13.2 Å². The van der Waals surface area contributed by atoms with Gasteiger partial charge in [0.2, 0.25) is 0 Å². The molecule has 0 aromatic rings. The fraction of sp³-hybridized carbons (Fsp3) is 0.790. The zero-order valence-electron chi connectivity index (χ0n) is 45.1. The van der Waals surface area contributed by atoms with Crippen LogP contribution in [0.25, 0.3) is 0 Å². The summed E-state index contributed by atoms with van der Waals surface area (Å²) in [4.78, 5) is 38.0. The van der Waals surface area contributed by atoms with Crippen LogP contribution in [-0.2, 0) is 28.6 Å². The van der Waals surface area contributed by atoms with Crippen molar-refractivity contribution in [2.75, 3.05) is 13.2 Å². The van der Waals surface area contributed by atoms with Crippen molar-refractivity contribution in [3.8, 4) is 0 Å². The third kappa shape index (κ3) is 54.1. The number of carbonyl (C=O) groups is 3. The van der Waals surface area contributed by atoms with Crippen molar-refractivity contribution in [1.29, 1.82) is 0 Å². The number of unbranched alkanes of at least 4 members (excludes halogenated alkanes) is 33. The van der Waals surface area contributed by atoms with Crippen molar-refractivity contribution in [2.45, 2.75) is 303 Å². The number of ether oxygens (including phenoxy) is 3. The topological polar surface area (TPSA) is 78.9 Å². The molecule has 0 rings (SSSR count). The van der Waals surface area contributed by atoms with Crippen LogP contribution in [-0.4, -0.2) is 37.2 Å². The highest BCUT2D eigenvalue weighted by Crippen LogP contribution is 2.17. The van der Waals surface area contributed by atoms with E-state index >= 15 is 0 Å². The minimum Gasteiger partial charge on any atom is -0.462 e. The van der Waals surface area contributed by atoms with Gasteiger partial charge in [0.05, 0.1) is 6.42 Å². The van der Waals surface area contributed by atoms with E-state index in [1.807, 2.05) is 6.08 Å². The Morgan fingerprint density at radius 2 is 0.559 bits per heavy atom. The van der Waals surface area contributed by atoms with Gasteiger partial charge in [-0.15, -0.1) is 0 Å². The van der Waals surface area contributed by atoms with Gasteiger partial charge in [-0.1, -0.05) is 293 Å². The Labute approximate surface area is 421 Å². The van der Waals surface area contributed by atoms with Crippen LogP contribution in [0.15, 0.2) is 60.8 Å². The summed E-state index contributed by atoms with van der Waals surface area (Å²) >= 11 is 0. The van der Waals surface area contributed by atoms with Crippen molar-refractivity contribution in [2.24, 2.45) is 0 Å². The Balaban J connectivity index is 4.29. The van der Waals surface area contributed by atoms with E-state index in [-0.39, 0.29) is 31.6 Å². The molecule has 6 heteroatoms. The maximum absolute atomic E-state index is 12.8. The van der Waals surface area contributed by atoms with Crippen molar-refractivity contribution >= 4 is 17.9 Å². The predicted molar refractivity (Wildman–Crippen MR) is 293 cm³/mol. The lowest BCUT2D eigenvalue weighted by Gasteiger charge is -2.18. The SMILES string of the molecule is CC/C=C\C/C=C\C/C=C\C/C=C\C/C=C\CC(=O)OC(COC(=O)CCCCCCCCCCCCC)COC(=O)CCCCCCCCCCCCCCCCCCCCCCCCCC. The first kappa shape index (κ1) is 65.1. The molecule has 0 saturated heterocycles. The molecule has 0 bridgehead atoms. The fourth-order valence-corrected chi connectivity index (χ4v) is 8.46. The van der Waals surface area contributed by atoms with E-state index in [9.17, 15) is 14.4 Å². The number of esters is 3. The van der Waals surface area contributed by atoms with Crippen LogP contribution in [0.4, 0.5) is 0 Å². The molecule has 0 aliphatic heterocycles. The van der Waals surface area contributed by atoms with Crippen LogP contribution in [0.2, 0.25) is 0 Å². The molecule has 6 nitrogen and oxygen atoms in total. The monoisotopic (exact) mass is 951 g/mol. The molecule has 0 heterocycles. The fourth-order valence-electron chi connectivity index (χ4n) is 8.46. The second-order valence-corrected chi connectivity index (χ2v) is 19.6. The van der Waals surface area contributed by atoms with Crippen LogP contribution in [0.1, 0.15) is 297 Å². The summed E-state index contributed by atoms with van der Waals surface area (Å²) < 4.78 is 16.7. The van der Waals surface area contributed by atoms with Crippen molar-refractivity contribution in [3.63, 3.8) is 0 Å². The van der Waals surface area contributed by atoms with Gasteiger partial charge in [0, 0.05) is 12.8 Å². The third-order valence-corrected chi connectivity index (χ3v) is 12.8. The third-order valence-electron chi connectivity index (χ3n) is 12.8. The molecule has 0 aromatic heterocycles. The van der Waals surface area contributed by atoms with Gasteiger partial charge < -0.3 is 14.2 Å². The summed E-state index contributed by atoms with van der Waals surface area (Å²) in [6, 6.07) is 0. The van der Waals surface area contributed by atoms with E-state index in [2.05, 4.69) is 69.4 Å². The van der Waals surface area contributed by atoms with Gasteiger partial charge in [-0.05, 0) is 44.9 Å². The molecule has 394 valence electrons. The van der Waals surface area contributed by atoms with E-state index in [4.69, 9.17) is 14.2 Å². The minimum absolute atomic E-state index is 0.101. The summed E-state index contributed by atoms with van der Waals surface area (Å²) in [5, 5.41) is 0. The summed E-state index contributed by atoms with van der Waals surface area (Å²) in [6.07, 6.45) is 71.2. The molecule has 1 unspecified atom stereocenters. The molecule has 0 saturated carbocycles. The highest BCUT2D eigenvalue weighted by molar-refractivity contribution is 5.72. The van der Waals surface area contributed by atoms with Gasteiger partial charge in [0.15, 0.2) is 6.10 Å². The second kappa shape index (κ2) is 56.7. The maximum Gasteiger partial charge on any atom is 0.310 e. The highest BCUT2D eigenvalue weighted by Gasteiger charge is 2.19. The maximum atomic E-state index is 12.8. The van der Waals surface area contributed by atoms with E-state index in [0.717, 1.165) is 70.6 Å². The van der Waals surface area contributed by atoms with Crippen LogP contribution in [0.3, 0.4) is 0 Å². The molecule has 0 N–H and O–H groups in total. The van der Waals surface area contributed by atoms with Crippen LogP contribution in [0, 0.1) is 0 Å². The predicted octanol–water partition coefficient (Wildman–Crippen LogP) is 19.6. The average molecular weight is 952 g/mol. The molecule has 0 aromatic carbocycles. The van der Waals surface area contributed by atoms with Gasteiger partial charge in [-0.2, -0.15) is 0 Å². The molecule has 0 aliphatic rings. The highest BCUT2D eigenvalue weighted by atomic mass is 16.6. The Bertz CT molecular complexity index is 1230. The molecule has 0 spiro atoms. The van der Waals surface area contributed by atoms with Crippen LogP contribution < -0.4 is 0 Å². The number of carbonyl (C=O) groups excluding carboxylic acids is 3. The Hall–Kier alpha value is -2.89. The standard InChI is InChI=1S/C62H110O6/c1-4-7-10-13-16-19-22-24-26-27-28-29-30-31-32-33-34-36-37-40-43-46-49-52-55-61(64)67-58-59(57-66-60(63)54-51-48-45-42-39-21-18-15-12-9-6-3)68-62(65)56-53-50-47-44-41-38-35-25-23-20-17-14-11-8-5-2/h8,11,17,20,25,35,41,44,50,53,59H,4-7,9-10,12-16,18-19,21-24,26-34,36-40,42-43,45-49,51-52,54-58H2,1-3H3/b11-8-,20-17-,35-25-,44-41-,53-50-. The lowest BCUT2D eigenvalue weighted by Crippen LogP contribution is -2.30. The van der Waals surface area contributed by atoms with E-state index < -0.39 is 12.1 Å². The van der Waals surface area contributed by atoms with Crippen LogP contribution in [0.5, 0.6) is 0 Å². The van der Waals surface area contributed by atoms with Gasteiger partial charge in [-0.3, -0.25) is 14.4 Å². The average Bonchev–Trinajstić information content (AvgIpc) is 3.34. The van der Waals surface area contributed by atoms with Crippen molar-refractivity contribution in [3.05, 3.63) is 60.8 Å². The number of rotatable bonds is 53. The quantitative estimate of drug-likeness (QED) is 0.0262. The van der Waals surface area contributed by atoms with Gasteiger partial charge in [-0.25, -0.2) is 0 Å². The largest absolute Gasteiger partial charge is 0.462 e. The van der Waals surface area contributed by atoms with E-state index in [0.29, 0.717) is 12.8 Å². The molecule has 0 aliphatic carbocycles. The Kier molecular flexibility index (Phi) is 54.3. The van der Waals surface area contributed by atoms with E-state index in [1.54, 1.807) is 6.08 Å². The van der Waals surface area contributed by atoms with Crippen molar-refractivity contribution in [1.82, 2.24) is 0 Å². The summed E-state index contributed by atoms with van der Waals surface area (Å²) in [7, 11) is 0. The minimum atomic E-state index is -0.824. The second-order valence-electron chi connectivity index (χ2n) is 19.6. The lowest BCUT2D eigenvalue weighted by molar-refractivity contribution is -0.166. The summed E-state index contributed by atoms with van der Waals surface area (Å²) in [6.45, 7) is 6.47. The van der Waals surface area contributed by atoms with Crippen LogP contribution >= 0.6 is 0 Å². The molecular formula is C62H110O6. The lowest BCUT2D eigenvalue weighted by atomic mass is 10.0. The molecule has 1 atom stereocenters. The molecule has 0 fully saturated rings. The zero-order valence-corrected chi connectivity index (χ0v) is 45.1. The summed E-state index contributed by atoms with van der Waals surface area (Å²) in [5.41, 5.74) is 0.